The lowest BCUT2D eigenvalue weighted by Gasteiger charge is -2.17. The van der Waals surface area contributed by atoms with Crippen LogP contribution in [0.5, 0.6) is 0 Å². The maximum atomic E-state index is 11.4. The first-order chi connectivity index (χ1) is 7.91. The van der Waals surface area contributed by atoms with Crippen molar-refractivity contribution in [2.75, 3.05) is 0 Å². The summed E-state index contributed by atoms with van der Waals surface area (Å²) >= 11 is 10.1. The second kappa shape index (κ2) is 4.71. The van der Waals surface area contributed by atoms with Gasteiger partial charge in [-0.25, -0.2) is 4.79 Å². The molecule has 0 amide bonds. The van der Waals surface area contributed by atoms with Gasteiger partial charge in [0.25, 0.3) is 0 Å². The highest BCUT2D eigenvalue weighted by Crippen LogP contribution is 2.47. The van der Waals surface area contributed by atoms with Crippen LogP contribution in [0.15, 0.2) is 36.4 Å². The fourth-order valence-corrected chi connectivity index (χ4v) is 2.73. The van der Waals surface area contributed by atoms with Gasteiger partial charge in [0.15, 0.2) is 2.14 Å². The molecule has 0 spiro atoms. The third kappa shape index (κ3) is 2.56. The minimum atomic E-state index is -0.945. The van der Waals surface area contributed by atoms with E-state index < -0.39 is 8.11 Å². The van der Waals surface area contributed by atoms with Gasteiger partial charge >= 0.3 is 5.97 Å². The minimum Gasteiger partial charge on any atom is -0.478 e. The molecule has 5 heteroatoms. The molecule has 0 heterocycles. The van der Waals surface area contributed by atoms with Crippen LogP contribution >= 0.6 is 47.8 Å². The van der Waals surface area contributed by atoms with Gasteiger partial charge in [0.05, 0.1) is 5.56 Å². The Morgan fingerprint density at radius 2 is 1.71 bits per heavy atom. The average molecular weight is 423 g/mol. The predicted molar refractivity (Wildman–Crippen MR) is 79.4 cm³/mol. The second-order valence-electron chi connectivity index (χ2n) is 3.51. The quantitative estimate of drug-likeness (QED) is 0.668. The Balaban J connectivity index is 2.87. The Morgan fingerprint density at radius 1 is 1.06 bits per heavy atom. The zero-order valence-corrected chi connectivity index (χ0v) is 13.2. The van der Waals surface area contributed by atoms with Gasteiger partial charge in [-0.1, -0.05) is 84.2 Å². The van der Waals surface area contributed by atoms with Crippen LogP contribution in [0, 0.1) is 0 Å². The summed E-state index contributed by atoms with van der Waals surface area (Å²) in [5.41, 5.74) is 0.914. The van der Waals surface area contributed by atoms with E-state index in [4.69, 9.17) is 0 Å². The van der Waals surface area contributed by atoms with E-state index in [9.17, 15) is 9.90 Å². The molecular weight excluding hydrogens is 416 g/mol. The van der Waals surface area contributed by atoms with Crippen LogP contribution in [-0.4, -0.2) is 11.1 Å². The van der Waals surface area contributed by atoms with Crippen LogP contribution in [0.1, 0.15) is 15.9 Å². The number of hydrogen-bond acceptors (Lipinski definition) is 1. The van der Waals surface area contributed by atoms with Crippen LogP contribution in [0.25, 0.3) is 10.8 Å². The first kappa shape index (κ1) is 13.1. The fourth-order valence-electron chi connectivity index (χ4n) is 1.74. The largest absolute Gasteiger partial charge is 0.478 e. The normalized spacial score (nSPS) is 11.7. The number of halogens is 3. The molecule has 2 rings (SSSR count). The van der Waals surface area contributed by atoms with Crippen molar-refractivity contribution < 1.29 is 9.90 Å². The van der Waals surface area contributed by atoms with Crippen LogP contribution in [0.2, 0.25) is 0 Å². The number of alkyl halides is 3. The molecule has 0 aliphatic carbocycles. The van der Waals surface area contributed by atoms with Crippen LogP contribution in [0.4, 0.5) is 0 Å². The predicted octanol–water partition coefficient (Wildman–Crippen LogP) is 4.83. The zero-order chi connectivity index (χ0) is 12.6. The van der Waals surface area contributed by atoms with Crippen LogP contribution < -0.4 is 0 Å². The number of fused-ring (bicyclic) bond motifs is 1. The van der Waals surface area contributed by atoms with E-state index in [0.29, 0.717) is 5.56 Å². The molecule has 0 aliphatic heterocycles. The number of carboxylic acid groups (broad SMARTS) is 1. The van der Waals surface area contributed by atoms with E-state index >= 15 is 0 Å². The number of aromatic carboxylic acids is 1. The lowest BCUT2D eigenvalue weighted by atomic mass is 10.00. The Bertz CT molecular complexity index is 588. The van der Waals surface area contributed by atoms with Crippen molar-refractivity contribution in [3.05, 3.63) is 47.5 Å². The number of carboxylic acids is 1. The molecule has 88 valence electrons. The molecular formula is C12H7Br3O2. The Morgan fingerprint density at radius 3 is 2.29 bits per heavy atom. The smallest absolute Gasteiger partial charge is 0.336 e. The number of carbonyl (C=O) groups is 1. The van der Waals surface area contributed by atoms with Crippen molar-refractivity contribution in [2.24, 2.45) is 0 Å². The fraction of sp³-hybridized carbons (Fsp3) is 0.0833. The maximum Gasteiger partial charge on any atom is 0.336 e. The van der Waals surface area contributed by atoms with Crippen molar-refractivity contribution >= 4 is 64.5 Å². The van der Waals surface area contributed by atoms with Crippen LogP contribution in [0.3, 0.4) is 0 Å². The summed E-state index contributed by atoms with van der Waals surface area (Å²) in [4.78, 5) is 11.4. The molecule has 0 atom stereocenters. The minimum absolute atomic E-state index is 0.286. The number of hydrogen-bond donors (Lipinski definition) is 1. The summed E-state index contributed by atoms with van der Waals surface area (Å²) in [5, 5.41) is 11.0. The van der Waals surface area contributed by atoms with Gasteiger partial charge in [-0.15, -0.1) is 0 Å². The summed E-state index contributed by atoms with van der Waals surface area (Å²) in [7, 11) is 0. The van der Waals surface area contributed by atoms with E-state index in [2.05, 4.69) is 47.8 Å². The molecule has 2 aromatic carbocycles. The van der Waals surface area contributed by atoms with E-state index in [1.807, 2.05) is 24.3 Å². The van der Waals surface area contributed by atoms with E-state index in [1.54, 1.807) is 12.1 Å². The molecule has 0 saturated carbocycles. The van der Waals surface area contributed by atoms with Gasteiger partial charge in [0.2, 0.25) is 0 Å². The Kier molecular flexibility index (Phi) is 3.61. The molecule has 0 unspecified atom stereocenters. The maximum absolute atomic E-state index is 11.4. The summed E-state index contributed by atoms with van der Waals surface area (Å²) in [6.45, 7) is 0. The SMILES string of the molecule is O=C(O)c1c(C(Br)(Br)Br)ccc2ccccc12. The Hall–Kier alpha value is -0.390. The lowest BCUT2D eigenvalue weighted by Crippen LogP contribution is -2.09. The monoisotopic (exact) mass is 420 g/mol. The molecule has 2 aromatic rings. The van der Waals surface area contributed by atoms with Crippen LogP contribution in [-0.2, 0) is 2.14 Å². The molecule has 0 saturated heterocycles. The summed E-state index contributed by atoms with van der Waals surface area (Å²) in [6.07, 6.45) is 0. The highest BCUT2D eigenvalue weighted by molar-refractivity contribution is 9.38. The Labute approximate surface area is 123 Å². The highest BCUT2D eigenvalue weighted by atomic mass is 80.0. The van der Waals surface area contributed by atoms with Crippen molar-refractivity contribution in [1.29, 1.82) is 0 Å². The van der Waals surface area contributed by atoms with E-state index in [0.717, 1.165) is 10.8 Å². The molecule has 0 aromatic heterocycles. The van der Waals surface area contributed by atoms with E-state index in [-0.39, 0.29) is 5.56 Å². The number of rotatable bonds is 1. The van der Waals surface area contributed by atoms with Gasteiger partial charge in [-0.2, -0.15) is 0 Å². The van der Waals surface area contributed by atoms with Gasteiger partial charge in [0, 0.05) is 5.56 Å². The topological polar surface area (TPSA) is 37.3 Å². The molecule has 0 bridgehead atoms. The van der Waals surface area contributed by atoms with Gasteiger partial charge in [0.1, 0.15) is 0 Å². The third-order valence-corrected chi connectivity index (χ3v) is 3.73. The van der Waals surface area contributed by atoms with Gasteiger partial charge in [-0.05, 0) is 10.8 Å². The molecule has 0 radical (unpaired) electrons. The lowest BCUT2D eigenvalue weighted by molar-refractivity contribution is 0.0698. The first-order valence-corrected chi connectivity index (χ1v) is 7.11. The first-order valence-electron chi connectivity index (χ1n) is 4.73. The summed E-state index contributed by atoms with van der Waals surface area (Å²) in [5.74, 6) is -0.945. The molecule has 0 fully saturated rings. The van der Waals surface area contributed by atoms with Gasteiger partial charge < -0.3 is 5.11 Å². The zero-order valence-electron chi connectivity index (χ0n) is 8.45. The molecule has 0 aliphatic rings. The van der Waals surface area contributed by atoms with Crippen molar-refractivity contribution in [2.45, 2.75) is 2.14 Å². The average Bonchev–Trinajstić information content (AvgIpc) is 2.26. The second-order valence-corrected chi connectivity index (χ2v) is 10.3. The third-order valence-electron chi connectivity index (χ3n) is 2.45. The molecule has 2 nitrogen and oxygen atoms in total. The number of benzene rings is 2. The summed E-state index contributed by atoms with van der Waals surface area (Å²) in [6, 6.07) is 11.1. The standard InChI is InChI=1S/C12H7Br3O2/c13-12(14,15)9-6-5-7-3-1-2-4-8(7)10(9)11(16)17/h1-6H,(H,16,17). The molecule has 1 N–H and O–H groups in total. The van der Waals surface area contributed by atoms with Crippen molar-refractivity contribution in [1.82, 2.24) is 0 Å². The van der Waals surface area contributed by atoms with Crippen molar-refractivity contribution in [3.63, 3.8) is 0 Å². The van der Waals surface area contributed by atoms with Crippen molar-refractivity contribution in [3.8, 4) is 0 Å². The highest BCUT2D eigenvalue weighted by Gasteiger charge is 2.28. The van der Waals surface area contributed by atoms with E-state index in [1.165, 1.54) is 0 Å². The molecule has 17 heavy (non-hydrogen) atoms. The summed E-state index contributed by atoms with van der Waals surface area (Å²) < 4.78 is -0.731. The van der Waals surface area contributed by atoms with Gasteiger partial charge in [-0.3, -0.25) is 0 Å².